The van der Waals surface area contributed by atoms with Crippen LogP contribution in [0.4, 0.5) is 4.39 Å². The lowest BCUT2D eigenvalue weighted by atomic mass is 10.1. The summed E-state index contributed by atoms with van der Waals surface area (Å²) in [5.74, 6) is 0.666. The minimum atomic E-state index is -0.333. The molecule has 0 radical (unpaired) electrons. The lowest BCUT2D eigenvalue weighted by Crippen LogP contribution is -2.27. The van der Waals surface area contributed by atoms with Gasteiger partial charge in [-0.15, -0.1) is 10.2 Å². The number of carbonyl (C=O) groups is 1. The second kappa shape index (κ2) is 10.2. The molecule has 0 aliphatic carbocycles. The van der Waals surface area contributed by atoms with E-state index >= 15 is 0 Å². The van der Waals surface area contributed by atoms with Gasteiger partial charge < -0.3 is 9.88 Å². The average molecular weight is 413 g/mol. The van der Waals surface area contributed by atoms with Crippen molar-refractivity contribution in [3.8, 4) is 11.4 Å². The Balaban J connectivity index is 1.62. The smallest absolute Gasteiger partial charge is 0.230 e. The molecule has 0 aliphatic heterocycles. The number of benzene rings is 2. The largest absolute Gasteiger partial charge is 0.355 e. The molecule has 3 aromatic rings. The number of hydrogen-bond acceptors (Lipinski definition) is 4. The summed E-state index contributed by atoms with van der Waals surface area (Å²) >= 11 is 1.32. The Morgan fingerprint density at radius 3 is 2.55 bits per heavy atom. The van der Waals surface area contributed by atoms with Gasteiger partial charge in [-0.2, -0.15) is 0 Å². The first kappa shape index (κ1) is 21.0. The molecule has 0 atom stereocenters. The van der Waals surface area contributed by atoms with E-state index in [2.05, 4.69) is 29.4 Å². The molecule has 0 unspecified atom stereocenters. The summed E-state index contributed by atoms with van der Waals surface area (Å²) in [7, 11) is 0. The van der Waals surface area contributed by atoms with Gasteiger partial charge in [0.05, 0.1) is 11.3 Å². The quantitative estimate of drug-likeness (QED) is 0.536. The molecule has 0 bridgehead atoms. The number of hydrogen-bond donors (Lipinski definition) is 1. The summed E-state index contributed by atoms with van der Waals surface area (Å²) in [4.78, 5) is 12.2. The van der Waals surface area contributed by atoms with Crippen LogP contribution in [0.3, 0.4) is 0 Å². The summed E-state index contributed by atoms with van der Waals surface area (Å²) in [5, 5.41) is 12.0. The van der Waals surface area contributed by atoms with Crippen molar-refractivity contribution in [2.45, 2.75) is 32.0 Å². The predicted molar refractivity (Wildman–Crippen MR) is 114 cm³/mol. The fraction of sp³-hybridized carbons (Fsp3) is 0.318. The summed E-state index contributed by atoms with van der Waals surface area (Å²) in [6.45, 7) is 5.39. The van der Waals surface area contributed by atoms with Gasteiger partial charge in [-0.25, -0.2) is 4.39 Å². The lowest BCUT2D eigenvalue weighted by molar-refractivity contribution is -0.118. The van der Waals surface area contributed by atoms with Crippen LogP contribution in [0.15, 0.2) is 59.8 Å². The van der Waals surface area contributed by atoms with Gasteiger partial charge in [0.25, 0.3) is 0 Å². The van der Waals surface area contributed by atoms with Gasteiger partial charge in [-0.1, -0.05) is 68.1 Å². The third-order valence-electron chi connectivity index (χ3n) is 4.29. The first-order valence-corrected chi connectivity index (χ1v) is 10.6. The van der Waals surface area contributed by atoms with Crippen LogP contribution in [-0.4, -0.2) is 33.0 Å². The fourth-order valence-electron chi connectivity index (χ4n) is 2.94. The topological polar surface area (TPSA) is 59.8 Å². The van der Waals surface area contributed by atoms with Gasteiger partial charge in [0.15, 0.2) is 11.0 Å². The van der Waals surface area contributed by atoms with E-state index in [0.717, 1.165) is 6.42 Å². The molecule has 0 saturated heterocycles. The van der Waals surface area contributed by atoms with Crippen molar-refractivity contribution in [1.29, 1.82) is 0 Å². The average Bonchev–Trinajstić information content (AvgIpc) is 3.09. The third kappa shape index (κ3) is 5.90. The van der Waals surface area contributed by atoms with Crippen LogP contribution in [0.5, 0.6) is 0 Å². The van der Waals surface area contributed by atoms with Crippen LogP contribution >= 0.6 is 11.8 Å². The molecule has 0 aliphatic rings. The van der Waals surface area contributed by atoms with Gasteiger partial charge in [0.2, 0.25) is 5.91 Å². The molecule has 1 N–H and O–H groups in total. The number of rotatable bonds is 9. The van der Waals surface area contributed by atoms with Gasteiger partial charge in [0, 0.05) is 13.1 Å². The molecule has 1 aromatic heterocycles. The SMILES string of the molecule is CC(C)Cn1c(SCC(=O)NCCc2ccccc2)nnc1-c1ccccc1F. The Morgan fingerprint density at radius 1 is 1.10 bits per heavy atom. The van der Waals surface area contributed by atoms with Crippen molar-refractivity contribution < 1.29 is 9.18 Å². The highest BCUT2D eigenvalue weighted by Crippen LogP contribution is 2.26. The Hall–Kier alpha value is -2.67. The van der Waals surface area contributed by atoms with E-state index in [1.165, 1.54) is 23.4 Å². The van der Waals surface area contributed by atoms with Crippen LogP contribution in [-0.2, 0) is 17.8 Å². The van der Waals surface area contributed by atoms with Crippen molar-refractivity contribution >= 4 is 17.7 Å². The van der Waals surface area contributed by atoms with Crippen LogP contribution in [0.1, 0.15) is 19.4 Å². The number of halogens is 1. The maximum Gasteiger partial charge on any atom is 0.230 e. The standard InChI is InChI=1S/C22H25FN4OS/c1-16(2)14-27-21(18-10-6-7-11-19(18)23)25-26-22(27)29-15-20(28)24-13-12-17-8-4-3-5-9-17/h3-11,16H,12-15H2,1-2H3,(H,24,28). The minimum absolute atomic E-state index is 0.0579. The van der Waals surface area contributed by atoms with E-state index in [4.69, 9.17) is 0 Å². The number of nitrogens with one attached hydrogen (secondary N) is 1. The highest BCUT2D eigenvalue weighted by atomic mass is 32.2. The third-order valence-corrected chi connectivity index (χ3v) is 5.26. The molecule has 7 heteroatoms. The molecule has 0 spiro atoms. The normalized spacial score (nSPS) is 11.0. The molecule has 5 nitrogen and oxygen atoms in total. The second-order valence-electron chi connectivity index (χ2n) is 7.16. The molecule has 0 saturated carbocycles. The molecular weight excluding hydrogens is 387 g/mol. The molecular formula is C22H25FN4OS. The fourth-order valence-corrected chi connectivity index (χ4v) is 3.72. The van der Waals surface area contributed by atoms with Crippen LogP contribution in [0, 0.1) is 11.7 Å². The number of nitrogens with zero attached hydrogens (tertiary/aromatic N) is 3. The van der Waals surface area contributed by atoms with Crippen molar-refractivity contribution in [1.82, 2.24) is 20.1 Å². The Labute approximate surface area is 174 Å². The van der Waals surface area contributed by atoms with Crippen molar-refractivity contribution in [3.05, 3.63) is 66.0 Å². The first-order chi connectivity index (χ1) is 14.0. The Kier molecular flexibility index (Phi) is 7.41. The highest BCUT2D eigenvalue weighted by molar-refractivity contribution is 7.99. The monoisotopic (exact) mass is 412 g/mol. The number of amides is 1. The first-order valence-electron chi connectivity index (χ1n) is 9.66. The second-order valence-corrected chi connectivity index (χ2v) is 8.11. The zero-order chi connectivity index (χ0) is 20.6. The van der Waals surface area contributed by atoms with E-state index in [1.807, 2.05) is 34.9 Å². The Bertz CT molecular complexity index is 943. The zero-order valence-electron chi connectivity index (χ0n) is 16.6. The van der Waals surface area contributed by atoms with Gasteiger partial charge in [-0.05, 0) is 30.0 Å². The van der Waals surface area contributed by atoms with E-state index in [0.29, 0.717) is 35.6 Å². The highest BCUT2D eigenvalue weighted by Gasteiger charge is 2.18. The summed E-state index contributed by atoms with van der Waals surface area (Å²) in [6, 6.07) is 16.6. The lowest BCUT2D eigenvalue weighted by Gasteiger charge is -2.13. The summed E-state index contributed by atoms with van der Waals surface area (Å²) < 4.78 is 16.1. The number of thioether (sulfide) groups is 1. The number of carbonyl (C=O) groups excluding carboxylic acids is 1. The summed E-state index contributed by atoms with van der Waals surface area (Å²) in [6.07, 6.45) is 0.790. The van der Waals surface area contributed by atoms with E-state index in [-0.39, 0.29) is 17.5 Å². The molecule has 3 rings (SSSR count). The minimum Gasteiger partial charge on any atom is -0.355 e. The Morgan fingerprint density at radius 2 is 1.83 bits per heavy atom. The van der Waals surface area contributed by atoms with E-state index in [1.54, 1.807) is 18.2 Å². The van der Waals surface area contributed by atoms with Gasteiger partial charge in [-0.3, -0.25) is 4.79 Å². The number of aromatic nitrogens is 3. The molecule has 29 heavy (non-hydrogen) atoms. The molecule has 1 amide bonds. The van der Waals surface area contributed by atoms with E-state index in [9.17, 15) is 9.18 Å². The van der Waals surface area contributed by atoms with Gasteiger partial charge >= 0.3 is 0 Å². The molecule has 1 heterocycles. The summed E-state index contributed by atoms with van der Waals surface area (Å²) in [5.41, 5.74) is 1.60. The molecule has 0 fully saturated rings. The maximum absolute atomic E-state index is 14.2. The van der Waals surface area contributed by atoms with E-state index < -0.39 is 0 Å². The van der Waals surface area contributed by atoms with Crippen molar-refractivity contribution in [2.75, 3.05) is 12.3 Å². The van der Waals surface area contributed by atoms with Crippen LogP contribution < -0.4 is 5.32 Å². The van der Waals surface area contributed by atoms with Crippen molar-refractivity contribution in [3.63, 3.8) is 0 Å². The van der Waals surface area contributed by atoms with Gasteiger partial charge in [0.1, 0.15) is 5.82 Å². The molecule has 2 aromatic carbocycles. The van der Waals surface area contributed by atoms with Crippen LogP contribution in [0.25, 0.3) is 11.4 Å². The molecule has 152 valence electrons. The zero-order valence-corrected chi connectivity index (χ0v) is 17.5. The maximum atomic E-state index is 14.2. The van der Waals surface area contributed by atoms with Crippen molar-refractivity contribution in [2.24, 2.45) is 5.92 Å². The predicted octanol–water partition coefficient (Wildman–Crippen LogP) is 4.19. The van der Waals surface area contributed by atoms with Crippen LogP contribution in [0.2, 0.25) is 0 Å².